The van der Waals surface area contributed by atoms with Crippen LogP contribution in [0.4, 0.5) is 5.82 Å². The number of nitrogens with one attached hydrogen (secondary N) is 1. The fourth-order valence-electron chi connectivity index (χ4n) is 2.52. The smallest absolute Gasteiger partial charge is 0.224 e. The number of benzene rings is 1. The average Bonchev–Trinajstić information content (AvgIpc) is 3.01. The minimum absolute atomic E-state index is 0.272. The van der Waals surface area contributed by atoms with Crippen LogP contribution in [0.3, 0.4) is 0 Å². The van der Waals surface area contributed by atoms with Gasteiger partial charge >= 0.3 is 0 Å². The highest BCUT2D eigenvalue weighted by molar-refractivity contribution is 6.28. The fourth-order valence-corrected chi connectivity index (χ4v) is 2.65. The standard InChI is InChI=1S/C17H19ClN4O/c1-12-11-20-17(18)21-16(12)22(2)8-3-9-23-14-4-5-15-13(10-14)6-7-19-15/h4-7,10-11,19H,3,8-9H2,1-2H3. The average molecular weight is 331 g/mol. The van der Waals surface area contributed by atoms with Gasteiger partial charge in [0.1, 0.15) is 11.6 Å². The van der Waals surface area contributed by atoms with Crippen LogP contribution in [-0.4, -0.2) is 35.2 Å². The Labute approximate surface area is 140 Å². The lowest BCUT2D eigenvalue weighted by atomic mass is 10.2. The number of anilines is 1. The van der Waals surface area contributed by atoms with Gasteiger partial charge in [-0.15, -0.1) is 0 Å². The van der Waals surface area contributed by atoms with Gasteiger partial charge in [-0.3, -0.25) is 0 Å². The monoisotopic (exact) mass is 330 g/mol. The van der Waals surface area contributed by atoms with Crippen molar-refractivity contribution in [3.63, 3.8) is 0 Å². The van der Waals surface area contributed by atoms with Gasteiger partial charge in [-0.05, 0) is 49.2 Å². The molecule has 0 aliphatic carbocycles. The number of halogens is 1. The molecule has 2 heterocycles. The highest BCUT2D eigenvalue weighted by Crippen LogP contribution is 2.20. The van der Waals surface area contributed by atoms with Gasteiger partial charge < -0.3 is 14.6 Å². The van der Waals surface area contributed by atoms with Gasteiger partial charge in [-0.25, -0.2) is 9.97 Å². The van der Waals surface area contributed by atoms with Gasteiger partial charge in [-0.2, -0.15) is 0 Å². The molecule has 0 aliphatic rings. The van der Waals surface area contributed by atoms with Crippen molar-refractivity contribution >= 4 is 28.3 Å². The Kier molecular flexibility index (Phi) is 4.67. The Hall–Kier alpha value is -2.27. The maximum atomic E-state index is 5.86. The molecule has 1 aromatic carbocycles. The fraction of sp³-hybridized carbons (Fsp3) is 0.294. The molecular weight excluding hydrogens is 312 g/mol. The van der Waals surface area contributed by atoms with E-state index in [-0.39, 0.29) is 5.28 Å². The maximum Gasteiger partial charge on any atom is 0.224 e. The first-order valence-electron chi connectivity index (χ1n) is 7.54. The molecule has 0 fully saturated rings. The van der Waals surface area contributed by atoms with E-state index in [9.17, 15) is 0 Å². The number of ether oxygens (including phenoxy) is 1. The van der Waals surface area contributed by atoms with E-state index in [1.54, 1.807) is 6.20 Å². The summed E-state index contributed by atoms with van der Waals surface area (Å²) >= 11 is 5.86. The first-order chi connectivity index (χ1) is 11.1. The van der Waals surface area contributed by atoms with Gasteiger partial charge in [0.15, 0.2) is 0 Å². The highest BCUT2D eigenvalue weighted by atomic mass is 35.5. The Morgan fingerprint density at radius 1 is 1.30 bits per heavy atom. The topological polar surface area (TPSA) is 54.0 Å². The zero-order valence-electron chi connectivity index (χ0n) is 13.2. The van der Waals surface area contributed by atoms with Crippen LogP contribution in [0.1, 0.15) is 12.0 Å². The van der Waals surface area contributed by atoms with E-state index in [0.717, 1.165) is 41.0 Å². The summed E-state index contributed by atoms with van der Waals surface area (Å²) in [6.07, 6.45) is 4.56. The minimum Gasteiger partial charge on any atom is -0.494 e. The molecule has 3 aromatic rings. The second-order valence-electron chi connectivity index (χ2n) is 5.50. The molecule has 6 heteroatoms. The van der Waals surface area contributed by atoms with Crippen LogP contribution < -0.4 is 9.64 Å². The van der Waals surface area contributed by atoms with Crippen LogP contribution in [-0.2, 0) is 0 Å². The van der Waals surface area contributed by atoms with Crippen LogP contribution in [0.5, 0.6) is 5.75 Å². The molecule has 0 saturated heterocycles. The third kappa shape index (κ3) is 3.74. The minimum atomic E-state index is 0.272. The Morgan fingerprint density at radius 2 is 2.17 bits per heavy atom. The van der Waals surface area contributed by atoms with Crippen LogP contribution in [0.25, 0.3) is 10.9 Å². The first-order valence-corrected chi connectivity index (χ1v) is 7.91. The summed E-state index contributed by atoms with van der Waals surface area (Å²) in [6, 6.07) is 8.10. The Balaban J connectivity index is 1.51. The quantitative estimate of drug-likeness (QED) is 0.551. The van der Waals surface area contributed by atoms with E-state index in [4.69, 9.17) is 16.3 Å². The summed E-state index contributed by atoms with van der Waals surface area (Å²) in [6.45, 7) is 3.46. The summed E-state index contributed by atoms with van der Waals surface area (Å²) in [4.78, 5) is 13.5. The van der Waals surface area contributed by atoms with E-state index in [0.29, 0.717) is 6.61 Å². The van der Waals surface area contributed by atoms with Crippen molar-refractivity contribution in [2.24, 2.45) is 0 Å². The lowest BCUT2D eigenvalue weighted by molar-refractivity contribution is 0.313. The third-order valence-corrected chi connectivity index (χ3v) is 3.89. The van der Waals surface area contributed by atoms with Crippen molar-refractivity contribution in [1.29, 1.82) is 0 Å². The number of aromatic amines is 1. The van der Waals surface area contributed by atoms with Crippen LogP contribution in [0.2, 0.25) is 5.28 Å². The van der Waals surface area contributed by atoms with E-state index in [1.807, 2.05) is 44.4 Å². The van der Waals surface area contributed by atoms with E-state index < -0.39 is 0 Å². The van der Waals surface area contributed by atoms with Gasteiger partial charge in [0.05, 0.1) is 6.61 Å². The summed E-state index contributed by atoms with van der Waals surface area (Å²) in [5.41, 5.74) is 2.13. The summed E-state index contributed by atoms with van der Waals surface area (Å²) < 4.78 is 5.82. The Bertz CT molecular complexity index is 802. The van der Waals surface area contributed by atoms with E-state index >= 15 is 0 Å². The highest BCUT2D eigenvalue weighted by Gasteiger charge is 2.08. The summed E-state index contributed by atoms with van der Waals surface area (Å²) in [5, 5.41) is 1.43. The molecule has 120 valence electrons. The molecule has 5 nitrogen and oxygen atoms in total. The van der Waals surface area contributed by atoms with Crippen molar-refractivity contribution in [3.05, 3.63) is 47.5 Å². The maximum absolute atomic E-state index is 5.86. The van der Waals surface area contributed by atoms with Crippen molar-refractivity contribution in [2.75, 3.05) is 25.1 Å². The predicted octanol–water partition coefficient (Wildman–Crippen LogP) is 3.83. The second-order valence-corrected chi connectivity index (χ2v) is 5.83. The molecule has 0 unspecified atom stereocenters. The lowest BCUT2D eigenvalue weighted by Gasteiger charge is -2.20. The van der Waals surface area contributed by atoms with E-state index in [1.165, 1.54) is 0 Å². The SMILES string of the molecule is Cc1cnc(Cl)nc1N(C)CCCOc1ccc2[nH]ccc2c1. The zero-order valence-corrected chi connectivity index (χ0v) is 14.0. The molecule has 0 aliphatic heterocycles. The zero-order chi connectivity index (χ0) is 16.2. The molecule has 3 rings (SSSR count). The van der Waals surface area contributed by atoms with Crippen molar-refractivity contribution in [3.8, 4) is 5.75 Å². The molecule has 1 N–H and O–H groups in total. The molecule has 0 saturated carbocycles. The molecule has 0 amide bonds. The van der Waals surface area contributed by atoms with E-state index in [2.05, 4.69) is 19.9 Å². The second kappa shape index (κ2) is 6.87. The van der Waals surface area contributed by atoms with Crippen molar-refractivity contribution in [2.45, 2.75) is 13.3 Å². The lowest BCUT2D eigenvalue weighted by Crippen LogP contribution is -2.22. The number of H-pyrrole nitrogens is 1. The van der Waals surface area contributed by atoms with Gasteiger partial charge in [0.25, 0.3) is 0 Å². The third-order valence-electron chi connectivity index (χ3n) is 3.71. The van der Waals surface area contributed by atoms with Gasteiger partial charge in [-0.1, -0.05) is 0 Å². The number of nitrogens with zero attached hydrogens (tertiary/aromatic N) is 3. The van der Waals surface area contributed by atoms with Gasteiger partial charge in [0, 0.05) is 42.5 Å². The number of fused-ring (bicyclic) bond motifs is 1. The number of hydrogen-bond acceptors (Lipinski definition) is 4. The molecule has 0 bridgehead atoms. The van der Waals surface area contributed by atoms with Crippen molar-refractivity contribution < 1.29 is 4.74 Å². The number of aryl methyl sites for hydroxylation is 1. The number of hydrogen-bond donors (Lipinski definition) is 1. The molecular formula is C17H19ClN4O. The molecule has 2 aromatic heterocycles. The predicted molar refractivity (Wildman–Crippen MR) is 93.5 cm³/mol. The molecule has 0 atom stereocenters. The summed E-state index contributed by atoms with van der Waals surface area (Å²) in [5.74, 6) is 1.75. The first kappa shape index (κ1) is 15.6. The van der Waals surface area contributed by atoms with Crippen LogP contribution >= 0.6 is 11.6 Å². The van der Waals surface area contributed by atoms with Crippen LogP contribution in [0, 0.1) is 6.92 Å². The molecule has 23 heavy (non-hydrogen) atoms. The van der Waals surface area contributed by atoms with Crippen molar-refractivity contribution in [1.82, 2.24) is 15.0 Å². The number of rotatable bonds is 6. The normalized spacial score (nSPS) is 10.9. The van der Waals surface area contributed by atoms with Gasteiger partial charge in [0.2, 0.25) is 5.28 Å². The largest absolute Gasteiger partial charge is 0.494 e. The Morgan fingerprint density at radius 3 is 3.04 bits per heavy atom. The molecule has 0 radical (unpaired) electrons. The number of aromatic nitrogens is 3. The molecule has 0 spiro atoms. The summed E-state index contributed by atoms with van der Waals surface area (Å²) in [7, 11) is 2.00. The van der Waals surface area contributed by atoms with Crippen LogP contribution in [0.15, 0.2) is 36.7 Å².